The average molecular weight is 449 g/mol. The summed E-state index contributed by atoms with van der Waals surface area (Å²) in [5, 5.41) is 9.02. The van der Waals surface area contributed by atoms with Crippen LogP contribution in [0.3, 0.4) is 0 Å². The predicted molar refractivity (Wildman–Crippen MR) is 110 cm³/mol. The monoisotopic (exact) mass is 448 g/mol. The molecule has 0 atom stereocenters. The average Bonchev–Trinajstić information content (AvgIpc) is 2.72. The van der Waals surface area contributed by atoms with Gasteiger partial charge in [0.2, 0.25) is 10.0 Å². The third kappa shape index (κ3) is 6.54. The first-order valence-corrected chi connectivity index (χ1v) is 11.7. The molecule has 0 unspecified atom stereocenters. The van der Waals surface area contributed by atoms with Crippen molar-refractivity contribution in [3.8, 4) is 0 Å². The number of rotatable bonds is 9. The minimum atomic E-state index is -4.49. The molecule has 170 valence electrons. The van der Waals surface area contributed by atoms with Crippen molar-refractivity contribution < 1.29 is 26.7 Å². The van der Waals surface area contributed by atoms with Gasteiger partial charge >= 0.3 is 6.18 Å². The lowest BCUT2D eigenvalue weighted by molar-refractivity contribution is -0.137. The zero-order chi connectivity index (χ0) is 22.4. The fourth-order valence-corrected chi connectivity index (χ4v) is 5.17. The maximum atomic E-state index is 12.8. The molecule has 0 aromatic heterocycles. The number of hydrogen-bond acceptors (Lipinski definition) is 4. The van der Waals surface area contributed by atoms with Gasteiger partial charge in [-0.25, -0.2) is 8.42 Å². The molecular formula is C21H31F3N2O3S. The van der Waals surface area contributed by atoms with E-state index in [4.69, 9.17) is 5.11 Å². The van der Waals surface area contributed by atoms with Crippen molar-refractivity contribution in [3.05, 3.63) is 42.0 Å². The Kier molecular flexibility index (Phi) is 8.90. The number of halogens is 3. The summed E-state index contributed by atoms with van der Waals surface area (Å²) < 4.78 is 65.1. The van der Waals surface area contributed by atoms with Crippen LogP contribution in [0.1, 0.15) is 38.2 Å². The van der Waals surface area contributed by atoms with E-state index in [0.29, 0.717) is 25.3 Å². The maximum Gasteiger partial charge on any atom is 0.416 e. The highest BCUT2D eigenvalue weighted by atomic mass is 32.2. The second-order valence-corrected chi connectivity index (χ2v) is 9.65. The minimum Gasteiger partial charge on any atom is -0.395 e. The molecule has 0 heterocycles. The van der Waals surface area contributed by atoms with Gasteiger partial charge in [-0.1, -0.05) is 19.1 Å². The normalized spacial score (nSPS) is 21.1. The van der Waals surface area contributed by atoms with Crippen LogP contribution in [0.2, 0.25) is 0 Å². The molecule has 0 aliphatic heterocycles. The number of nitrogens with zero attached hydrogens (tertiary/aromatic N) is 2. The first-order valence-electron chi connectivity index (χ1n) is 10.2. The molecule has 5 nitrogen and oxygen atoms in total. The highest BCUT2D eigenvalue weighted by molar-refractivity contribution is 7.89. The molecule has 2 rings (SSSR count). The number of sulfonamides is 1. The number of alkyl halides is 3. The number of hydrogen-bond donors (Lipinski definition) is 1. The molecule has 1 aliphatic rings. The molecule has 0 bridgehead atoms. The Labute approximate surface area is 177 Å². The number of aliphatic hydroxyl groups is 1. The van der Waals surface area contributed by atoms with Gasteiger partial charge in [-0.05, 0) is 62.4 Å². The molecule has 1 aliphatic carbocycles. The summed E-state index contributed by atoms with van der Waals surface area (Å²) in [6.45, 7) is 4.46. The van der Waals surface area contributed by atoms with Crippen molar-refractivity contribution in [3.63, 3.8) is 0 Å². The number of allylic oxidation sites excluding steroid dienone is 1. The van der Waals surface area contributed by atoms with E-state index < -0.39 is 21.8 Å². The Morgan fingerprint density at radius 3 is 2.23 bits per heavy atom. The fourth-order valence-electron chi connectivity index (χ4n) is 3.76. The lowest BCUT2D eigenvalue weighted by Crippen LogP contribution is -2.39. The van der Waals surface area contributed by atoms with E-state index in [0.717, 1.165) is 50.2 Å². The van der Waals surface area contributed by atoms with Crippen molar-refractivity contribution in [1.29, 1.82) is 0 Å². The molecule has 1 N–H and O–H groups in total. The number of benzene rings is 1. The molecule has 1 aromatic carbocycles. The summed E-state index contributed by atoms with van der Waals surface area (Å²) in [6.07, 6.45) is 2.92. The van der Waals surface area contributed by atoms with Gasteiger partial charge in [-0.2, -0.15) is 17.5 Å². The fraction of sp³-hybridized carbons (Fsp3) is 0.619. The minimum absolute atomic E-state index is 0.122. The third-order valence-electron chi connectivity index (χ3n) is 5.75. The summed E-state index contributed by atoms with van der Waals surface area (Å²) in [7, 11) is -2.34. The Morgan fingerprint density at radius 1 is 1.13 bits per heavy atom. The molecule has 1 aromatic rings. The summed E-state index contributed by atoms with van der Waals surface area (Å²) >= 11 is 0. The van der Waals surface area contributed by atoms with Crippen LogP contribution in [0.15, 0.2) is 41.3 Å². The van der Waals surface area contributed by atoms with E-state index in [9.17, 15) is 21.6 Å². The van der Waals surface area contributed by atoms with Crippen molar-refractivity contribution in [2.75, 3.05) is 33.3 Å². The molecular weight excluding hydrogens is 417 g/mol. The summed E-state index contributed by atoms with van der Waals surface area (Å²) in [6, 6.07) is 3.49. The van der Waals surface area contributed by atoms with E-state index in [1.807, 2.05) is 6.92 Å². The van der Waals surface area contributed by atoms with Crippen LogP contribution < -0.4 is 0 Å². The van der Waals surface area contributed by atoms with Crippen molar-refractivity contribution in [1.82, 2.24) is 9.21 Å². The summed E-state index contributed by atoms with van der Waals surface area (Å²) in [5.74, 6) is 0.385. The van der Waals surface area contributed by atoms with E-state index in [1.165, 1.54) is 11.4 Å². The molecule has 30 heavy (non-hydrogen) atoms. The number of aliphatic hydroxyl groups excluding tert-OH is 1. The Balaban J connectivity index is 1.93. The third-order valence-corrected chi connectivity index (χ3v) is 7.67. The van der Waals surface area contributed by atoms with Gasteiger partial charge in [0.1, 0.15) is 0 Å². The predicted octanol–water partition coefficient (Wildman–Crippen LogP) is 3.76. The lowest BCUT2D eigenvalue weighted by Gasteiger charge is -2.33. The molecule has 0 spiro atoms. The van der Waals surface area contributed by atoms with Crippen molar-refractivity contribution in [2.24, 2.45) is 5.92 Å². The largest absolute Gasteiger partial charge is 0.416 e. The van der Waals surface area contributed by atoms with E-state index in [-0.39, 0.29) is 17.5 Å². The quantitative estimate of drug-likeness (QED) is 0.585. The Hall–Kier alpha value is -1.42. The molecule has 0 amide bonds. The molecule has 0 saturated heterocycles. The lowest BCUT2D eigenvalue weighted by atomic mass is 9.86. The van der Waals surface area contributed by atoms with Gasteiger partial charge in [0, 0.05) is 26.2 Å². The van der Waals surface area contributed by atoms with Crippen LogP contribution in [0.25, 0.3) is 0 Å². The SMILES string of the molecule is CCN(C/C=C/C1CCC(N(C)S(=O)(=O)c2ccc(C(F)(F)F)cc2)CC1)CCO. The molecule has 1 fully saturated rings. The first kappa shape index (κ1) is 24.8. The van der Waals surface area contributed by atoms with Crippen molar-refractivity contribution in [2.45, 2.75) is 49.7 Å². The van der Waals surface area contributed by atoms with E-state index in [2.05, 4.69) is 17.1 Å². The second-order valence-electron chi connectivity index (χ2n) is 7.66. The van der Waals surface area contributed by atoms with E-state index in [1.54, 1.807) is 0 Å². The molecule has 9 heteroatoms. The Bertz CT molecular complexity index is 787. The van der Waals surface area contributed by atoms with Crippen molar-refractivity contribution >= 4 is 10.0 Å². The Morgan fingerprint density at radius 2 is 1.73 bits per heavy atom. The summed E-state index contributed by atoms with van der Waals surface area (Å²) in [5.41, 5.74) is -0.864. The van der Waals surface area contributed by atoms with Gasteiger partial charge in [0.25, 0.3) is 0 Å². The molecule has 1 saturated carbocycles. The van der Waals surface area contributed by atoms with Gasteiger partial charge in [0.15, 0.2) is 0 Å². The highest BCUT2D eigenvalue weighted by Gasteiger charge is 2.33. The van der Waals surface area contributed by atoms with Crippen LogP contribution in [-0.2, 0) is 16.2 Å². The maximum absolute atomic E-state index is 12.8. The zero-order valence-corrected chi connectivity index (χ0v) is 18.3. The van der Waals surface area contributed by atoms with Gasteiger partial charge in [0.05, 0.1) is 17.1 Å². The van der Waals surface area contributed by atoms with Gasteiger partial charge in [-0.15, -0.1) is 0 Å². The number of likely N-dealkylation sites (N-methyl/N-ethyl adjacent to an activating group) is 1. The van der Waals surface area contributed by atoms with Crippen LogP contribution >= 0.6 is 0 Å². The smallest absolute Gasteiger partial charge is 0.395 e. The van der Waals surface area contributed by atoms with Crippen LogP contribution in [0.5, 0.6) is 0 Å². The van der Waals surface area contributed by atoms with Gasteiger partial charge in [-0.3, -0.25) is 4.90 Å². The van der Waals surface area contributed by atoms with E-state index >= 15 is 0 Å². The zero-order valence-electron chi connectivity index (χ0n) is 17.5. The van der Waals surface area contributed by atoms with Gasteiger partial charge < -0.3 is 5.11 Å². The van der Waals surface area contributed by atoms with Crippen LogP contribution in [-0.4, -0.2) is 62.1 Å². The van der Waals surface area contributed by atoms with Crippen LogP contribution in [0, 0.1) is 5.92 Å². The topological polar surface area (TPSA) is 60.9 Å². The summed E-state index contributed by atoms with van der Waals surface area (Å²) in [4.78, 5) is 2.01. The first-order chi connectivity index (χ1) is 14.1. The van der Waals surface area contributed by atoms with Crippen LogP contribution in [0.4, 0.5) is 13.2 Å². The molecule has 0 radical (unpaired) electrons. The second kappa shape index (κ2) is 10.7. The standard InChI is InChI=1S/C21H31F3N2O3S/c1-3-26(15-16-27)14-4-5-17-6-10-19(11-7-17)25(2)30(28,29)20-12-8-18(9-13-20)21(22,23)24/h4-5,8-9,12-13,17,19,27H,3,6-7,10-11,14-16H2,1-2H3/b5-4+. The highest BCUT2D eigenvalue weighted by Crippen LogP contribution is 2.32.